The van der Waals surface area contributed by atoms with Crippen molar-refractivity contribution < 1.29 is 13.9 Å². The number of fused-ring (bicyclic) bond motifs is 1. The molecule has 0 aliphatic carbocycles. The Hall–Kier alpha value is -3.42. The molecule has 0 spiro atoms. The zero-order valence-electron chi connectivity index (χ0n) is 20.4. The Kier molecular flexibility index (Phi) is 8.23. The second-order valence-electron chi connectivity index (χ2n) is 8.53. The molecule has 1 atom stereocenters. The fourth-order valence-electron chi connectivity index (χ4n) is 3.64. The van der Waals surface area contributed by atoms with E-state index in [1.54, 1.807) is 30.3 Å². The van der Waals surface area contributed by atoms with Crippen molar-refractivity contribution in [2.45, 2.75) is 39.5 Å². The van der Waals surface area contributed by atoms with E-state index in [1.165, 1.54) is 5.56 Å². The molecular formula is C28H28ClN3O3S. The molecule has 8 heteroatoms. The maximum absolute atomic E-state index is 12.7. The van der Waals surface area contributed by atoms with Gasteiger partial charge in [0.2, 0.25) is 5.89 Å². The predicted octanol–water partition coefficient (Wildman–Crippen LogP) is 7.58. The molecule has 0 unspecified atom stereocenters. The Morgan fingerprint density at radius 2 is 1.97 bits per heavy atom. The van der Waals surface area contributed by atoms with E-state index in [2.05, 4.69) is 41.6 Å². The third-order valence-electron chi connectivity index (χ3n) is 5.85. The lowest BCUT2D eigenvalue weighted by atomic mass is 9.98. The molecule has 0 fully saturated rings. The van der Waals surface area contributed by atoms with Crippen molar-refractivity contribution in [3.63, 3.8) is 0 Å². The molecule has 4 aromatic rings. The standard InChI is InChI=1S/C28H28ClN3O3S/c1-4-13-34-21-8-6-7-19(14-21)26(33)32-28(36)31-23-16-20(9-11-22(23)29)27-30-24-15-18(17(3)5-2)10-12-25(24)35-27/h6-12,14-17H,4-5,13H2,1-3H3,(H2,31,32,33,36)/t17-/m1/s1. The molecule has 0 aliphatic rings. The highest BCUT2D eigenvalue weighted by molar-refractivity contribution is 7.80. The van der Waals surface area contributed by atoms with Crippen LogP contribution < -0.4 is 15.4 Å². The number of hydrogen-bond acceptors (Lipinski definition) is 5. The van der Waals surface area contributed by atoms with Crippen LogP contribution in [0.1, 0.15) is 55.5 Å². The van der Waals surface area contributed by atoms with Crippen LogP contribution in [0.5, 0.6) is 5.75 Å². The van der Waals surface area contributed by atoms with Gasteiger partial charge in [0.25, 0.3) is 5.91 Å². The molecular weight excluding hydrogens is 494 g/mol. The summed E-state index contributed by atoms with van der Waals surface area (Å²) < 4.78 is 11.6. The average Bonchev–Trinajstić information content (AvgIpc) is 3.32. The Bertz CT molecular complexity index is 1400. The summed E-state index contributed by atoms with van der Waals surface area (Å²) in [6, 6.07) is 18.4. The van der Waals surface area contributed by atoms with Gasteiger partial charge in [-0.15, -0.1) is 0 Å². The van der Waals surface area contributed by atoms with Crippen LogP contribution in [-0.4, -0.2) is 22.6 Å². The molecule has 0 saturated heterocycles. The quantitative estimate of drug-likeness (QED) is 0.233. The fraction of sp³-hybridized carbons (Fsp3) is 0.250. The molecule has 3 aromatic carbocycles. The number of benzene rings is 3. The van der Waals surface area contributed by atoms with Gasteiger partial charge in [-0.1, -0.05) is 44.5 Å². The Morgan fingerprint density at radius 3 is 2.75 bits per heavy atom. The van der Waals surface area contributed by atoms with Crippen LogP contribution in [0.25, 0.3) is 22.6 Å². The first-order valence-corrected chi connectivity index (χ1v) is 12.7. The van der Waals surface area contributed by atoms with Crippen molar-refractivity contribution in [1.29, 1.82) is 0 Å². The van der Waals surface area contributed by atoms with Crippen molar-refractivity contribution >= 4 is 51.6 Å². The normalized spacial score (nSPS) is 11.8. The first-order valence-electron chi connectivity index (χ1n) is 11.9. The fourth-order valence-corrected chi connectivity index (χ4v) is 4.01. The summed E-state index contributed by atoms with van der Waals surface area (Å²) in [4.78, 5) is 17.4. The van der Waals surface area contributed by atoms with Gasteiger partial charge in [0, 0.05) is 11.1 Å². The molecule has 1 aromatic heterocycles. The number of nitrogens with one attached hydrogen (secondary N) is 2. The predicted molar refractivity (Wildman–Crippen MR) is 149 cm³/mol. The SMILES string of the molecule is CCCOc1cccc(C(=O)NC(=S)Nc2cc(-c3nc4cc([C@H](C)CC)ccc4o3)ccc2Cl)c1. The summed E-state index contributed by atoms with van der Waals surface area (Å²) in [5, 5.41) is 6.25. The highest BCUT2D eigenvalue weighted by Crippen LogP contribution is 2.32. The number of rotatable bonds is 8. The number of anilines is 1. The van der Waals surface area contributed by atoms with Crippen LogP contribution in [0.3, 0.4) is 0 Å². The van der Waals surface area contributed by atoms with E-state index in [4.69, 9.17) is 33.0 Å². The monoisotopic (exact) mass is 521 g/mol. The van der Waals surface area contributed by atoms with Gasteiger partial charge in [-0.25, -0.2) is 4.98 Å². The molecule has 36 heavy (non-hydrogen) atoms. The van der Waals surface area contributed by atoms with Gasteiger partial charge in [0.05, 0.1) is 17.3 Å². The van der Waals surface area contributed by atoms with E-state index in [-0.39, 0.29) is 11.0 Å². The molecule has 0 aliphatic heterocycles. The molecule has 4 rings (SSSR count). The topological polar surface area (TPSA) is 76.4 Å². The van der Waals surface area contributed by atoms with Crippen LogP contribution in [0.4, 0.5) is 5.69 Å². The number of carbonyl (C=O) groups is 1. The van der Waals surface area contributed by atoms with Gasteiger partial charge in [-0.2, -0.15) is 0 Å². The molecule has 0 bridgehead atoms. The Balaban J connectivity index is 1.49. The third-order valence-corrected chi connectivity index (χ3v) is 6.38. The lowest BCUT2D eigenvalue weighted by Crippen LogP contribution is -2.34. The zero-order valence-corrected chi connectivity index (χ0v) is 22.0. The highest BCUT2D eigenvalue weighted by atomic mass is 35.5. The number of nitrogens with zero attached hydrogens (tertiary/aromatic N) is 1. The van der Waals surface area contributed by atoms with Gasteiger partial charge in [-0.05, 0) is 85.1 Å². The minimum absolute atomic E-state index is 0.120. The highest BCUT2D eigenvalue weighted by Gasteiger charge is 2.14. The Morgan fingerprint density at radius 1 is 1.14 bits per heavy atom. The van der Waals surface area contributed by atoms with E-state index in [0.29, 0.717) is 40.4 Å². The molecule has 6 nitrogen and oxygen atoms in total. The summed E-state index contributed by atoms with van der Waals surface area (Å²) in [7, 11) is 0. The first-order chi connectivity index (χ1) is 17.4. The second kappa shape index (κ2) is 11.5. The zero-order chi connectivity index (χ0) is 25.7. The minimum atomic E-state index is -0.349. The number of thiocarbonyl (C=S) groups is 1. The minimum Gasteiger partial charge on any atom is -0.494 e. The molecule has 0 radical (unpaired) electrons. The van der Waals surface area contributed by atoms with Crippen molar-refractivity contribution in [2.75, 3.05) is 11.9 Å². The van der Waals surface area contributed by atoms with Crippen molar-refractivity contribution in [3.05, 3.63) is 76.8 Å². The van der Waals surface area contributed by atoms with Gasteiger partial charge < -0.3 is 14.5 Å². The van der Waals surface area contributed by atoms with Gasteiger partial charge in [0.15, 0.2) is 10.7 Å². The lowest BCUT2D eigenvalue weighted by molar-refractivity contribution is 0.0977. The number of oxazole rings is 1. The molecule has 0 saturated carbocycles. The van der Waals surface area contributed by atoms with Gasteiger partial charge in [-0.3, -0.25) is 10.1 Å². The summed E-state index contributed by atoms with van der Waals surface area (Å²) in [5.74, 6) is 1.21. The molecule has 1 amide bonds. The number of hydrogen-bond donors (Lipinski definition) is 2. The first kappa shape index (κ1) is 25.7. The maximum atomic E-state index is 12.7. The van der Waals surface area contributed by atoms with Crippen LogP contribution in [0.15, 0.2) is 65.1 Å². The van der Waals surface area contributed by atoms with Crippen molar-refractivity contribution in [2.24, 2.45) is 0 Å². The van der Waals surface area contributed by atoms with Crippen molar-refractivity contribution in [3.8, 4) is 17.2 Å². The van der Waals surface area contributed by atoms with Crippen molar-refractivity contribution in [1.82, 2.24) is 10.3 Å². The maximum Gasteiger partial charge on any atom is 0.257 e. The largest absolute Gasteiger partial charge is 0.494 e. The van der Waals surface area contributed by atoms with Crippen LogP contribution in [-0.2, 0) is 0 Å². The van der Waals surface area contributed by atoms with Crippen LogP contribution >= 0.6 is 23.8 Å². The molecule has 1 heterocycles. The van der Waals surface area contributed by atoms with Crippen LogP contribution in [0, 0.1) is 0 Å². The Labute approximate surface area is 221 Å². The second-order valence-corrected chi connectivity index (χ2v) is 9.35. The van der Waals surface area contributed by atoms with E-state index in [9.17, 15) is 4.79 Å². The summed E-state index contributed by atoms with van der Waals surface area (Å²) in [5.41, 5.74) is 4.46. The summed E-state index contributed by atoms with van der Waals surface area (Å²) in [6.07, 6.45) is 1.93. The number of aromatic nitrogens is 1. The molecule has 186 valence electrons. The van der Waals surface area contributed by atoms with E-state index in [1.807, 2.05) is 25.1 Å². The summed E-state index contributed by atoms with van der Waals surface area (Å²) >= 11 is 11.8. The third kappa shape index (κ3) is 6.04. The van der Waals surface area contributed by atoms with Gasteiger partial charge in [0.1, 0.15) is 11.3 Å². The average molecular weight is 522 g/mol. The van der Waals surface area contributed by atoms with Crippen LogP contribution in [0.2, 0.25) is 5.02 Å². The van der Waals surface area contributed by atoms with E-state index in [0.717, 1.165) is 29.5 Å². The van der Waals surface area contributed by atoms with Gasteiger partial charge >= 0.3 is 0 Å². The van der Waals surface area contributed by atoms with E-state index < -0.39 is 0 Å². The smallest absolute Gasteiger partial charge is 0.257 e. The number of carbonyl (C=O) groups excluding carboxylic acids is 1. The summed E-state index contributed by atoms with van der Waals surface area (Å²) in [6.45, 7) is 6.96. The number of halogens is 1. The molecule has 2 N–H and O–H groups in total. The number of ether oxygens (including phenoxy) is 1. The van der Waals surface area contributed by atoms with E-state index >= 15 is 0 Å². The number of amides is 1. The lowest BCUT2D eigenvalue weighted by Gasteiger charge is -2.12.